The highest BCUT2D eigenvalue weighted by Crippen LogP contribution is 2.49. The van der Waals surface area contributed by atoms with E-state index in [1.54, 1.807) is 11.3 Å². The van der Waals surface area contributed by atoms with Gasteiger partial charge in [-0.1, -0.05) is 30.7 Å². The van der Waals surface area contributed by atoms with Crippen molar-refractivity contribution < 1.29 is 4.79 Å². The number of carbonyl (C=O) groups excluding carboxylic acids is 1. The third kappa shape index (κ3) is 3.06. The maximum Gasteiger partial charge on any atom is 0.252 e. The highest BCUT2D eigenvalue weighted by Gasteiger charge is 2.42. The Kier molecular flexibility index (Phi) is 4.24. The molecule has 0 spiro atoms. The van der Waals surface area contributed by atoms with Crippen LogP contribution in [0.2, 0.25) is 0 Å². The molecule has 1 amide bonds. The molecule has 2 aromatic heterocycles. The molecular weight excluding hydrogens is 352 g/mol. The van der Waals surface area contributed by atoms with Gasteiger partial charge in [0.25, 0.3) is 5.91 Å². The van der Waals surface area contributed by atoms with Gasteiger partial charge in [-0.25, -0.2) is 4.98 Å². The van der Waals surface area contributed by atoms with Crippen LogP contribution in [-0.4, -0.2) is 16.9 Å². The molecular formula is C23H24N2OS. The van der Waals surface area contributed by atoms with Gasteiger partial charge in [-0.2, -0.15) is 0 Å². The second-order valence-electron chi connectivity index (χ2n) is 8.15. The molecule has 4 atom stereocenters. The van der Waals surface area contributed by atoms with Crippen molar-refractivity contribution in [2.45, 2.75) is 38.6 Å². The zero-order chi connectivity index (χ0) is 18.4. The fourth-order valence-electron chi connectivity index (χ4n) is 5.21. The first kappa shape index (κ1) is 16.9. The number of fused-ring (bicyclic) bond motifs is 3. The third-order valence-corrected chi connectivity index (χ3v) is 7.42. The fourth-order valence-corrected chi connectivity index (χ4v) is 5.90. The van der Waals surface area contributed by atoms with Crippen LogP contribution in [0.15, 0.2) is 47.8 Å². The van der Waals surface area contributed by atoms with Crippen molar-refractivity contribution in [1.29, 1.82) is 0 Å². The number of hydrogen-bond acceptors (Lipinski definition) is 3. The van der Waals surface area contributed by atoms with Crippen LogP contribution in [0.4, 0.5) is 0 Å². The minimum Gasteiger partial charge on any atom is -0.349 e. The molecule has 4 heteroatoms. The lowest BCUT2D eigenvalue weighted by molar-refractivity contribution is 0.0917. The van der Waals surface area contributed by atoms with Gasteiger partial charge in [-0.15, -0.1) is 11.3 Å². The molecule has 2 aliphatic carbocycles. The summed E-state index contributed by atoms with van der Waals surface area (Å²) < 4.78 is 0. The predicted molar refractivity (Wildman–Crippen MR) is 111 cm³/mol. The number of rotatable bonds is 4. The van der Waals surface area contributed by atoms with Gasteiger partial charge < -0.3 is 5.32 Å². The van der Waals surface area contributed by atoms with Gasteiger partial charge >= 0.3 is 0 Å². The maximum absolute atomic E-state index is 13.2. The van der Waals surface area contributed by atoms with Gasteiger partial charge in [0.15, 0.2) is 0 Å². The number of para-hydroxylation sites is 1. The van der Waals surface area contributed by atoms with Crippen molar-refractivity contribution in [2.75, 3.05) is 0 Å². The van der Waals surface area contributed by atoms with Crippen molar-refractivity contribution >= 4 is 28.1 Å². The lowest BCUT2D eigenvalue weighted by Gasteiger charge is -2.28. The van der Waals surface area contributed by atoms with E-state index in [0.29, 0.717) is 5.92 Å². The first-order valence-electron chi connectivity index (χ1n) is 9.93. The first-order chi connectivity index (χ1) is 13.2. The summed E-state index contributed by atoms with van der Waals surface area (Å²) >= 11 is 1.65. The molecule has 3 aromatic rings. The van der Waals surface area contributed by atoms with Crippen molar-refractivity contribution in [3.05, 3.63) is 53.4 Å². The van der Waals surface area contributed by atoms with E-state index in [4.69, 9.17) is 4.98 Å². The molecule has 0 aliphatic heterocycles. The Morgan fingerprint density at radius 3 is 2.81 bits per heavy atom. The number of thiophene rings is 1. The first-order valence-corrected chi connectivity index (χ1v) is 10.8. The monoisotopic (exact) mass is 376 g/mol. The van der Waals surface area contributed by atoms with Gasteiger partial charge in [-0.05, 0) is 67.5 Å². The van der Waals surface area contributed by atoms with Gasteiger partial charge in [0.1, 0.15) is 0 Å². The second kappa shape index (κ2) is 6.75. The standard InChI is InChI=1S/C23H24N2OS/c1-14(18-12-15-8-9-16(18)11-15)24-23(26)19-13-21(22-7-4-10-27-22)25-20-6-3-2-5-17(19)20/h2-7,10,13-16,18H,8-9,11-12H2,1H3,(H,24,26)/t14-,15+,16+,18-/m0/s1. The average molecular weight is 377 g/mol. The normalized spacial score (nSPS) is 25.0. The minimum absolute atomic E-state index is 0.0293. The molecule has 0 radical (unpaired) electrons. The van der Waals surface area contributed by atoms with Gasteiger partial charge in [-0.3, -0.25) is 4.79 Å². The highest BCUT2D eigenvalue weighted by molar-refractivity contribution is 7.13. The van der Waals surface area contributed by atoms with Crippen LogP contribution in [-0.2, 0) is 0 Å². The van der Waals surface area contributed by atoms with E-state index in [0.717, 1.165) is 38.9 Å². The molecule has 5 rings (SSSR count). The zero-order valence-electron chi connectivity index (χ0n) is 15.5. The number of nitrogens with zero attached hydrogens (tertiary/aromatic N) is 1. The molecule has 0 saturated heterocycles. The van der Waals surface area contributed by atoms with E-state index < -0.39 is 0 Å². The number of amides is 1. The minimum atomic E-state index is 0.0293. The van der Waals surface area contributed by atoms with Crippen molar-refractivity contribution in [3.63, 3.8) is 0 Å². The van der Waals surface area contributed by atoms with E-state index in [2.05, 4.69) is 18.3 Å². The molecule has 2 aliphatic rings. The Morgan fingerprint density at radius 1 is 1.19 bits per heavy atom. The van der Waals surface area contributed by atoms with Crippen LogP contribution in [0.3, 0.4) is 0 Å². The molecule has 27 heavy (non-hydrogen) atoms. The summed E-state index contributed by atoms with van der Waals surface area (Å²) in [7, 11) is 0. The van der Waals surface area contributed by atoms with Crippen LogP contribution >= 0.6 is 11.3 Å². The van der Waals surface area contributed by atoms with E-state index >= 15 is 0 Å². The summed E-state index contributed by atoms with van der Waals surface area (Å²) in [6.07, 6.45) is 5.38. The van der Waals surface area contributed by atoms with Crippen molar-refractivity contribution in [1.82, 2.24) is 10.3 Å². The number of aromatic nitrogens is 1. The molecule has 1 aromatic carbocycles. The predicted octanol–water partition coefficient (Wildman–Crippen LogP) is 5.52. The number of carbonyl (C=O) groups is 1. The molecule has 138 valence electrons. The molecule has 2 fully saturated rings. The molecule has 1 N–H and O–H groups in total. The summed E-state index contributed by atoms with van der Waals surface area (Å²) in [5.74, 6) is 2.37. The van der Waals surface area contributed by atoms with E-state index in [1.807, 2.05) is 41.8 Å². The number of pyridine rings is 1. The largest absolute Gasteiger partial charge is 0.349 e. The summed E-state index contributed by atoms with van der Waals surface area (Å²) in [4.78, 5) is 19.1. The lowest BCUT2D eigenvalue weighted by Crippen LogP contribution is -2.40. The Balaban J connectivity index is 1.47. The van der Waals surface area contributed by atoms with Crippen LogP contribution < -0.4 is 5.32 Å². The summed E-state index contributed by atoms with van der Waals surface area (Å²) in [5, 5.41) is 6.30. The van der Waals surface area contributed by atoms with E-state index in [9.17, 15) is 4.79 Å². The van der Waals surface area contributed by atoms with Gasteiger partial charge in [0, 0.05) is 11.4 Å². The maximum atomic E-state index is 13.2. The van der Waals surface area contributed by atoms with E-state index in [1.165, 1.54) is 25.7 Å². The third-order valence-electron chi connectivity index (χ3n) is 6.53. The smallest absolute Gasteiger partial charge is 0.252 e. The average Bonchev–Trinajstić information content (AvgIpc) is 3.44. The van der Waals surface area contributed by atoms with Crippen molar-refractivity contribution in [3.8, 4) is 10.6 Å². The molecule has 2 heterocycles. The van der Waals surface area contributed by atoms with Crippen LogP contribution in [0.25, 0.3) is 21.5 Å². The molecule has 3 nitrogen and oxygen atoms in total. The van der Waals surface area contributed by atoms with E-state index in [-0.39, 0.29) is 11.9 Å². The van der Waals surface area contributed by atoms with Gasteiger partial charge in [0.05, 0.1) is 21.7 Å². The molecule has 2 saturated carbocycles. The van der Waals surface area contributed by atoms with Crippen LogP contribution in [0, 0.1) is 17.8 Å². The topological polar surface area (TPSA) is 42.0 Å². The Labute approximate surface area is 163 Å². The summed E-state index contributed by atoms with van der Waals surface area (Å²) in [5.41, 5.74) is 2.49. The Bertz CT molecular complexity index is 981. The Morgan fingerprint density at radius 2 is 2.07 bits per heavy atom. The quantitative estimate of drug-likeness (QED) is 0.651. The van der Waals surface area contributed by atoms with Gasteiger partial charge in [0.2, 0.25) is 0 Å². The summed E-state index contributed by atoms with van der Waals surface area (Å²) in [6.45, 7) is 2.19. The molecule has 0 unspecified atom stereocenters. The Hall–Kier alpha value is -2.20. The number of hydrogen-bond donors (Lipinski definition) is 1. The zero-order valence-corrected chi connectivity index (χ0v) is 16.3. The van der Waals surface area contributed by atoms with Crippen LogP contribution in [0.1, 0.15) is 43.0 Å². The number of benzene rings is 1. The highest BCUT2D eigenvalue weighted by atomic mass is 32.1. The lowest BCUT2D eigenvalue weighted by atomic mass is 9.84. The number of nitrogens with one attached hydrogen (secondary N) is 1. The second-order valence-corrected chi connectivity index (χ2v) is 9.10. The fraction of sp³-hybridized carbons (Fsp3) is 0.391. The van der Waals surface area contributed by atoms with Crippen LogP contribution in [0.5, 0.6) is 0 Å². The summed E-state index contributed by atoms with van der Waals surface area (Å²) in [6, 6.07) is 14.2. The molecule has 2 bridgehead atoms. The SMILES string of the molecule is C[C@H](NC(=O)c1cc(-c2cccs2)nc2ccccc12)[C@@H]1C[C@@H]2CC[C@@H]1C2. The van der Waals surface area contributed by atoms with Crippen molar-refractivity contribution in [2.24, 2.45) is 17.8 Å².